The number of nitrogens with one attached hydrogen (secondary N) is 2. The minimum absolute atomic E-state index is 0.0820. The number of carbonyl (C=O) groups excluding carboxylic acids is 2. The van der Waals surface area contributed by atoms with Crippen LogP contribution < -0.4 is 10.6 Å². The van der Waals surface area contributed by atoms with Gasteiger partial charge in [-0.3, -0.25) is 14.4 Å². The van der Waals surface area contributed by atoms with Crippen molar-refractivity contribution in [1.29, 1.82) is 0 Å². The second-order valence-corrected chi connectivity index (χ2v) is 7.29. The Labute approximate surface area is 154 Å². The quantitative estimate of drug-likeness (QED) is 0.363. The number of carbonyl (C=O) groups is 4. The molecule has 0 saturated carbocycles. The van der Waals surface area contributed by atoms with Gasteiger partial charge in [0.1, 0.15) is 6.04 Å². The van der Waals surface area contributed by atoms with Gasteiger partial charge in [0.15, 0.2) is 0 Å². The van der Waals surface area contributed by atoms with E-state index in [2.05, 4.69) is 24.5 Å². The van der Waals surface area contributed by atoms with Crippen molar-refractivity contribution in [3.8, 4) is 0 Å². The van der Waals surface area contributed by atoms with E-state index in [9.17, 15) is 24.3 Å². The summed E-state index contributed by atoms with van der Waals surface area (Å²) in [6.45, 7) is 7.55. The fraction of sp³-hybridized carbons (Fsp3) is 0.778. The maximum atomic E-state index is 11.9. The van der Waals surface area contributed by atoms with E-state index >= 15 is 0 Å². The third kappa shape index (κ3) is 10.7. The highest BCUT2D eigenvalue weighted by Crippen LogP contribution is 2.10. The van der Waals surface area contributed by atoms with Gasteiger partial charge < -0.3 is 20.8 Å². The fourth-order valence-corrected chi connectivity index (χ4v) is 2.39. The number of amides is 2. The lowest BCUT2D eigenvalue weighted by atomic mass is 9.96. The van der Waals surface area contributed by atoms with Gasteiger partial charge in [-0.05, 0) is 18.3 Å². The lowest BCUT2D eigenvalue weighted by molar-refractivity contribution is -0.144. The van der Waals surface area contributed by atoms with E-state index in [1.807, 2.05) is 0 Å². The standard InChI is InChI=1S/C18H32N2O6/c1-11(2)7-5-6-8-15(21)20-14(18(25)26)9-16(22)19-10-13(12(3)4)17(23)24/h11-14H,5-10H2,1-4H3,(H,19,22)(H,20,21)(H,23,24)(H,25,26). The Morgan fingerprint density at radius 3 is 1.96 bits per heavy atom. The smallest absolute Gasteiger partial charge is 0.326 e. The number of rotatable bonds is 13. The SMILES string of the molecule is CC(C)CCCCC(=O)NC(CC(=O)NCC(C(=O)O)C(C)C)C(=O)O. The van der Waals surface area contributed by atoms with Gasteiger partial charge >= 0.3 is 11.9 Å². The van der Waals surface area contributed by atoms with Crippen LogP contribution in [0.3, 0.4) is 0 Å². The highest BCUT2D eigenvalue weighted by atomic mass is 16.4. The van der Waals surface area contributed by atoms with Crippen LogP contribution in [0.4, 0.5) is 0 Å². The first-order chi connectivity index (χ1) is 12.0. The molecule has 4 N–H and O–H groups in total. The first-order valence-electron chi connectivity index (χ1n) is 9.06. The van der Waals surface area contributed by atoms with E-state index in [0.29, 0.717) is 12.3 Å². The van der Waals surface area contributed by atoms with Crippen LogP contribution in [0.2, 0.25) is 0 Å². The van der Waals surface area contributed by atoms with Gasteiger partial charge in [-0.25, -0.2) is 4.79 Å². The van der Waals surface area contributed by atoms with Crippen molar-refractivity contribution < 1.29 is 29.4 Å². The van der Waals surface area contributed by atoms with E-state index in [1.54, 1.807) is 13.8 Å². The summed E-state index contributed by atoms with van der Waals surface area (Å²) in [7, 11) is 0. The molecule has 8 heteroatoms. The van der Waals surface area contributed by atoms with Gasteiger partial charge in [-0.1, -0.05) is 40.5 Å². The van der Waals surface area contributed by atoms with Crippen molar-refractivity contribution in [3.63, 3.8) is 0 Å². The van der Waals surface area contributed by atoms with Gasteiger partial charge in [0, 0.05) is 13.0 Å². The Morgan fingerprint density at radius 2 is 1.50 bits per heavy atom. The summed E-state index contributed by atoms with van der Waals surface area (Å²) in [6.07, 6.45) is 2.33. The van der Waals surface area contributed by atoms with Crippen molar-refractivity contribution in [3.05, 3.63) is 0 Å². The molecule has 0 fully saturated rings. The van der Waals surface area contributed by atoms with E-state index in [1.165, 1.54) is 0 Å². The molecule has 2 amide bonds. The fourth-order valence-electron chi connectivity index (χ4n) is 2.39. The molecule has 0 aromatic heterocycles. The molecule has 0 saturated heterocycles. The summed E-state index contributed by atoms with van der Waals surface area (Å²) in [5, 5.41) is 23.0. The highest BCUT2D eigenvalue weighted by molar-refractivity contribution is 5.88. The maximum Gasteiger partial charge on any atom is 0.326 e. The van der Waals surface area contributed by atoms with Gasteiger partial charge in [-0.15, -0.1) is 0 Å². The van der Waals surface area contributed by atoms with Gasteiger partial charge in [-0.2, -0.15) is 0 Å². The Morgan fingerprint density at radius 1 is 0.885 bits per heavy atom. The first kappa shape index (κ1) is 23.9. The van der Waals surface area contributed by atoms with E-state index in [-0.39, 0.29) is 18.9 Å². The molecule has 0 radical (unpaired) electrons. The Balaban J connectivity index is 4.41. The lowest BCUT2D eigenvalue weighted by Gasteiger charge is -2.18. The summed E-state index contributed by atoms with van der Waals surface area (Å²) >= 11 is 0. The predicted octanol–water partition coefficient (Wildman–Crippen LogP) is 1.64. The van der Waals surface area contributed by atoms with Crippen molar-refractivity contribution in [2.24, 2.45) is 17.8 Å². The topological polar surface area (TPSA) is 133 Å². The lowest BCUT2D eigenvalue weighted by Crippen LogP contribution is -2.45. The van der Waals surface area contributed by atoms with Crippen LogP contribution in [0.25, 0.3) is 0 Å². The second-order valence-electron chi connectivity index (χ2n) is 7.29. The summed E-state index contributed by atoms with van der Waals surface area (Å²) in [5.41, 5.74) is 0. The number of unbranched alkanes of at least 4 members (excludes halogenated alkanes) is 1. The number of carboxylic acid groups (broad SMARTS) is 2. The molecular weight excluding hydrogens is 340 g/mol. The molecule has 26 heavy (non-hydrogen) atoms. The zero-order valence-corrected chi connectivity index (χ0v) is 16.1. The molecule has 0 aromatic rings. The van der Waals surface area contributed by atoms with Crippen LogP contribution >= 0.6 is 0 Å². The Kier molecular flexibility index (Phi) is 11.3. The number of hydrogen-bond donors (Lipinski definition) is 4. The second kappa shape index (κ2) is 12.3. The first-order valence-corrected chi connectivity index (χ1v) is 9.06. The van der Waals surface area contributed by atoms with Crippen LogP contribution in [-0.2, 0) is 19.2 Å². The zero-order valence-electron chi connectivity index (χ0n) is 16.1. The van der Waals surface area contributed by atoms with Crippen LogP contribution in [0.5, 0.6) is 0 Å². The van der Waals surface area contributed by atoms with E-state index in [4.69, 9.17) is 5.11 Å². The third-order valence-corrected chi connectivity index (χ3v) is 4.10. The molecule has 150 valence electrons. The van der Waals surface area contributed by atoms with Crippen LogP contribution in [0.1, 0.15) is 59.8 Å². The maximum absolute atomic E-state index is 11.9. The van der Waals surface area contributed by atoms with Gasteiger partial charge in [0.2, 0.25) is 11.8 Å². The number of hydrogen-bond acceptors (Lipinski definition) is 4. The largest absolute Gasteiger partial charge is 0.481 e. The highest BCUT2D eigenvalue weighted by Gasteiger charge is 2.25. The van der Waals surface area contributed by atoms with Crippen molar-refractivity contribution in [1.82, 2.24) is 10.6 Å². The zero-order chi connectivity index (χ0) is 20.3. The molecule has 0 aliphatic heterocycles. The van der Waals surface area contributed by atoms with Crippen molar-refractivity contribution in [2.45, 2.75) is 65.8 Å². The average molecular weight is 372 g/mol. The predicted molar refractivity (Wildman–Crippen MR) is 96.5 cm³/mol. The van der Waals surface area contributed by atoms with Gasteiger partial charge in [0.05, 0.1) is 12.3 Å². The minimum atomic E-state index is -1.32. The van der Waals surface area contributed by atoms with E-state index in [0.717, 1.165) is 12.8 Å². The molecule has 0 aromatic carbocycles. The molecule has 0 aliphatic carbocycles. The average Bonchev–Trinajstić information content (AvgIpc) is 2.50. The summed E-state index contributed by atoms with van der Waals surface area (Å²) in [6, 6.07) is -1.32. The molecule has 8 nitrogen and oxygen atoms in total. The van der Waals surface area contributed by atoms with E-state index < -0.39 is 42.1 Å². The molecule has 0 bridgehead atoms. The summed E-state index contributed by atoms with van der Waals surface area (Å²) in [4.78, 5) is 46.1. The van der Waals surface area contributed by atoms with Crippen molar-refractivity contribution >= 4 is 23.8 Å². The molecule has 0 spiro atoms. The van der Waals surface area contributed by atoms with Crippen molar-refractivity contribution in [2.75, 3.05) is 6.54 Å². The Hall–Kier alpha value is -2.12. The molecular formula is C18H32N2O6. The molecule has 0 aliphatic rings. The van der Waals surface area contributed by atoms with Crippen LogP contribution in [0, 0.1) is 17.8 Å². The monoisotopic (exact) mass is 372 g/mol. The minimum Gasteiger partial charge on any atom is -0.481 e. The van der Waals surface area contributed by atoms with Crippen LogP contribution in [-0.4, -0.2) is 46.6 Å². The van der Waals surface area contributed by atoms with Gasteiger partial charge in [0.25, 0.3) is 0 Å². The summed E-state index contributed by atoms with van der Waals surface area (Å²) in [5.74, 6) is -3.71. The third-order valence-electron chi connectivity index (χ3n) is 4.10. The number of aliphatic carboxylic acids is 2. The molecule has 0 rings (SSSR count). The molecule has 2 atom stereocenters. The number of carboxylic acids is 2. The molecule has 2 unspecified atom stereocenters. The Bertz CT molecular complexity index is 490. The van der Waals surface area contributed by atoms with Crippen LogP contribution in [0.15, 0.2) is 0 Å². The normalized spacial score (nSPS) is 13.3. The summed E-state index contributed by atoms with van der Waals surface area (Å²) < 4.78 is 0. The molecule has 0 heterocycles.